The van der Waals surface area contributed by atoms with E-state index in [1.165, 1.54) is 11.1 Å². The Morgan fingerprint density at radius 1 is 0.967 bits per heavy atom. The molecule has 0 saturated carbocycles. The van der Waals surface area contributed by atoms with Crippen molar-refractivity contribution in [1.29, 1.82) is 0 Å². The molecule has 0 spiro atoms. The third-order valence-corrected chi connectivity index (χ3v) is 7.13. The molecule has 0 radical (unpaired) electrons. The third-order valence-electron chi connectivity index (χ3n) is 6.19. The Morgan fingerprint density at radius 2 is 1.73 bits per heavy atom. The van der Waals surface area contributed by atoms with Crippen LogP contribution in [0.5, 0.6) is 0 Å². The summed E-state index contributed by atoms with van der Waals surface area (Å²) in [6.07, 6.45) is 1.21. The van der Waals surface area contributed by atoms with Crippen LogP contribution < -0.4 is 0 Å². The molecular weight excluding hydrogens is 392 g/mol. The van der Waals surface area contributed by atoms with Crippen LogP contribution in [0.2, 0.25) is 0 Å². The number of likely N-dealkylation sites (tertiary alicyclic amines) is 1. The van der Waals surface area contributed by atoms with Gasteiger partial charge in [-0.25, -0.2) is 0 Å². The van der Waals surface area contributed by atoms with E-state index in [0.29, 0.717) is 19.5 Å². The van der Waals surface area contributed by atoms with Crippen LogP contribution in [0.15, 0.2) is 54.6 Å². The van der Waals surface area contributed by atoms with Gasteiger partial charge in [-0.2, -0.15) is 11.8 Å². The second-order valence-electron chi connectivity index (χ2n) is 8.44. The van der Waals surface area contributed by atoms with Crippen LogP contribution >= 0.6 is 11.8 Å². The quantitative estimate of drug-likeness (QED) is 0.754. The lowest BCUT2D eigenvalue weighted by Gasteiger charge is -2.40. The first-order valence-electron chi connectivity index (χ1n) is 10.8. The highest BCUT2D eigenvalue weighted by atomic mass is 32.2. The molecule has 4 rings (SSSR count). The Kier molecular flexibility index (Phi) is 6.78. The van der Waals surface area contributed by atoms with Crippen LogP contribution in [0, 0.1) is 12.8 Å². The van der Waals surface area contributed by atoms with Crippen molar-refractivity contribution < 1.29 is 9.59 Å². The Balaban J connectivity index is 1.54. The molecule has 0 N–H and O–H groups in total. The van der Waals surface area contributed by atoms with E-state index in [2.05, 4.69) is 31.2 Å². The molecule has 4 nitrogen and oxygen atoms in total. The van der Waals surface area contributed by atoms with Crippen molar-refractivity contribution >= 4 is 23.6 Å². The van der Waals surface area contributed by atoms with Crippen LogP contribution in [0.4, 0.5) is 0 Å². The number of thioether (sulfide) groups is 1. The highest BCUT2D eigenvalue weighted by Crippen LogP contribution is 2.32. The Morgan fingerprint density at radius 3 is 2.47 bits per heavy atom. The summed E-state index contributed by atoms with van der Waals surface area (Å²) in [4.78, 5) is 30.4. The largest absolute Gasteiger partial charge is 0.341 e. The van der Waals surface area contributed by atoms with Gasteiger partial charge in [-0.1, -0.05) is 60.2 Å². The smallest absolute Gasteiger partial charge is 0.227 e. The summed E-state index contributed by atoms with van der Waals surface area (Å²) >= 11 is 1.91. The van der Waals surface area contributed by atoms with Gasteiger partial charge < -0.3 is 9.80 Å². The average Bonchev–Trinajstić information content (AvgIpc) is 2.79. The predicted octanol–water partition coefficient (Wildman–Crippen LogP) is 3.75. The molecule has 30 heavy (non-hydrogen) atoms. The molecule has 2 heterocycles. The highest BCUT2D eigenvalue weighted by Gasteiger charge is 2.36. The number of nitrogens with zero attached hydrogens (tertiary/aromatic N) is 2. The minimum absolute atomic E-state index is 0.116. The van der Waals surface area contributed by atoms with Crippen molar-refractivity contribution in [3.8, 4) is 0 Å². The third kappa shape index (κ3) is 5.07. The molecule has 0 bridgehead atoms. The van der Waals surface area contributed by atoms with Crippen molar-refractivity contribution in [3.63, 3.8) is 0 Å². The van der Waals surface area contributed by atoms with Crippen LogP contribution in [-0.4, -0.2) is 59.3 Å². The molecule has 158 valence electrons. The van der Waals surface area contributed by atoms with Gasteiger partial charge >= 0.3 is 0 Å². The molecule has 2 aromatic rings. The van der Waals surface area contributed by atoms with Crippen molar-refractivity contribution in [2.45, 2.75) is 25.7 Å². The minimum Gasteiger partial charge on any atom is -0.341 e. The fraction of sp³-hybridized carbons (Fsp3) is 0.440. The first-order valence-corrected chi connectivity index (χ1v) is 12.0. The summed E-state index contributed by atoms with van der Waals surface area (Å²) in [7, 11) is 0. The summed E-state index contributed by atoms with van der Waals surface area (Å²) in [5.41, 5.74) is 3.48. The van der Waals surface area contributed by atoms with E-state index in [1.807, 2.05) is 51.9 Å². The van der Waals surface area contributed by atoms with E-state index in [0.717, 1.165) is 36.6 Å². The number of piperidine rings is 1. The average molecular weight is 423 g/mol. The van der Waals surface area contributed by atoms with E-state index in [-0.39, 0.29) is 23.7 Å². The van der Waals surface area contributed by atoms with Gasteiger partial charge in [-0.15, -0.1) is 0 Å². The molecule has 2 atom stereocenters. The zero-order valence-electron chi connectivity index (χ0n) is 17.6. The van der Waals surface area contributed by atoms with Gasteiger partial charge in [0.1, 0.15) is 0 Å². The molecule has 2 amide bonds. The first-order chi connectivity index (χ1) is 14.6. The summed E-state index contributed by atoms with van der Waals surface area (Å²) in [5.74, 6) is 2.45. The van der Waals surface area contributed by atoms with Crippen molar-refractivity contribution in [2.24, 2.45) is 5.92 Å². The number of amides is 2. The van der Waals surface area contributed by atoms with Crippen LogP contribution in [0.25, 0.3) is 0 Å². The number of carbonyl (C=O) groups is 2. The molecule has 2 aromatic carbocycles. The highest BCUT2D eigenvalue weighted by molar-refractivity contribution is 7.99. The summed E-state index contributed by atoms with van der Waals surface area (Å²) < 4.78 is 0. The van der Waals surface area contributed by atoms with Crippen molar-refractivity contribution in [1.82, 2.24) is 9.80 Å². The lowest BCUT2D eigenvalue weighted by atomic mass is 9.83. The summed E-state index contributed by atoms with van der Waals surface area (Å²) in [6, 6.07) is 18.4. The zero-order chi connectivity index (χ0) is 20.9. The SMILES string of the molecule is Cc1cccc(C2CC(C(=O)N3CCSCC3)CN(C(=O)Cc3ccccc3)C2)c1. The van der Waals surface area contributed by atoms with Crippen molar-refractivity contribution in [3.05, 3.63) is 71.3 Å². The van der Waals surface area contributed by atoms with Crippen molar-refractivity contribution in [2.75, 3.05) is 37.7 Å². The van der Waals surface area contributed by atoms with E-state index in [4.69, 9.17) is 0 Å². The molecule has 5 heteroatoms. The standard InChI is InChI=1S/C25H30N2O2S/c1-19-6-5-9-21(14-19)22-16-23(25(29)26-10-12-30-13-11-26)18-27(17-22)24(28)15-20-7-3-2-4-8-20/h2-9,14,22-23H,10-13,15-18H2,1H3. The molecule has 2 unspecified atom stereocenters. The topological polar surface area (TPSA) is 40.6 Å². The normalized spacial score (nSPS) is 22.0. The first kappa shape index (κ1) is 21.0. The van der Waals surface area contributed by atoms with E-state index >= 15 is 0 Å². The molecule has 2 saturated heterocycles. The van der Waals surface area contributed by atoms with Gasteiger partial charge in [0.15, 0.2) is 0 Å². The lowest BCUT2D eigenvalue weighted by Crippen LogP contribution is -2.50. The number of hydrogen-bond acceptors (Lipinski definition) is 3. The molecule has 0 aromatic heterocycles. The predicted molar refractivity (Wildman–Crippen MR) is 123 cm³/mol. The number of hydrogen-bond donors (Lipinski definition) is 0. The monoisotopic (exact) mass is 422 g/mol. The van der Waals surface area contributed by atoms with Gasteiger partial charge in [0.05, 0.1) is 12.3 Å². The van der Waals surface area contributed by atoms with Gasteiger partial charge in [-0.3, -0.25) is 9.59 Å². The molecule has 2 aliphatic heterocycles. The summed E-state index contributed by atoms with van der Waals surface area (Å²) in [5, 5.41) is 0. The second kappa shape index (κ2) is 9.69. The Labute approximate surface area is 183 Å². The number of carbonyl (C=O) groups excluding carboxylic acids is 2. The molecular formula is C25H30N2O2S. The van der Waals surface area contributed by atoms with Gasteiger partial charge in [0.25, 0.3) is 0 Å². The van der Waals surface area contributed by atoms with Crippen LogP contribution in [-0.2, 0) is 16.0 Å². The zero-order valence-corrected chi connectivity index (χ0v) is 18.4. The number of benzene rings is 2. The van der Waals surface area contributed by atoms with Gasteiger partial charge in [0.2, 0.25) is 11.8 Å². The lowest BCUT2D eigenvalue weighted by molar-refractivity contribution is -0.141. The fourth-order valence-corrected chi connectivity index (χ4v) is 5.47. The number of aryl methyl sites for hydroxylation is 1. The Bertz CT molecular complexity index is 880. The number of rotatable bonds is 4. The minimum atomic E-state index is -0.118. The Hall–Kier alpha value is -2.27. The molecule has 2 aliphatic rings. The second-order valence-corrected chi connectivity index (χ2v) is 9.67. The summed E-state index contributed by atoms with van der Waals surface area (Å²) in [6.45, 7) is 4.98. The van der Waals surface area contributed by atoms with Crippen LogP contribution in [0.1, 0.15) is 29.0 Å². The van der Waals surface area contributed by atoms with Crippen LogP contribution in [0.3, 0.4) is 0 Å². The maximum absolute atomic E-state index is 13.3. The van der Waals surface area contributed by atoms with E-state index in [9.17, 15) is 9.59 Å². The van der Waals surface area contributed by atoms with Gasteiger partial charge in [-0.05, 0) is 24.5 Å². The fourth-order valence-electron chi connectivity index (χ4n) is 4.57. The van der Waals surface area contributed by atoms with E-state index in [1.54, 1.807) is 0 Å². The molecule has 2 fully saturated rings. The maximum atomic E-state index is 13.3. The maximum Gasteiger partial charge on any atom is 0.227 e. The van der Waals surface area contributed by atoms with E-state index < -0.39 is 0 Å². The van der Waals surface area contributed by atoms with Gasteiger partial charge in [0, 0.05) is 43.6 Å². The molecule has 0 aliphatic carbocycles.